The van der Waals surface area contributed by atoms with Crippen molar-refractivity contribution in [1.82, 2.24) is 9.78 Å². The first kappa shape index (κ1) is 7.46. The van der Waals surface area contributed by atoms with Crippen molar-refractivity contribution in [2.45, 2.75) is 6.55 Å². The van der Waals surface area contributed by atoms with Crippen molar-refractivity contribution in [3.63, 3.8) is 0 Å². The maximum atomic E-state index is 11.8. The molecule has 56 valence electrons. The number of hydrogen-bond acceptors (Lipinski definition) is 2. The highest BCUT2D eigenvalue weighted by molar-refractivity contribution is 9.10. The highest BCUT2D eigenvalue weighted by Gasteiger charge is 2.13. The van der Waals surface area contributed by atoms with Crippen molar-refractivity contribution >= 4 is 15.9 Å². The molecule has 1 rings (SSSR count). The minimum Gasteiger partial charge on any atom is -0.504 e. The molecular weight excluding hydrogens is 210 g/mol. The molecule has 0 spiro atoms. The van der Waals surface area contributed by atoms with E-state index < -0.39 is 6.55 Å². The van der Waals surface area contributed by atoms with Gasteiger partial charge in [-0.05, 0) is 15.9 Å². The predicted molar refractivity (Wildman–Crippen MR) is 32.8 cm³/mol. The summed E-state index contributed by atoms with van der Waals surface area (Å²) in [5, 5.41) is 11.9. The van der Waals surface area contributed by atoms with Crippen molar-refractivity contribution in [2.24, 2.45) is 0 Å². The van der Waals surface area contributed by atoms with Gasteiger partial charge in [0.25, 0.3) is 0 Å². The SMILES string of the molecule is Oc1cnn(C(F)F)c1Br. The zero-order chi connectivity index (χ0) is 7.72. The summed E-state index contributed by atoms with van der Waals surface area (Å²) in [6.07, 6.45) is 0.941. The van der Waals surface area contributed by atoms with Gasteiger partial charge >= 0.3 is 6.55 Å². The summed E-state index contributed by atoms with van der Waals surface area (Å²) in [5.41, 5.74) is 0. The first-order valence-electron chi connectivity index (χ1n) is 2.33. The van der Waals surface area contributed by atoms with E-state index in [1.54, 1.807) is 0 Å². The Morgan fingerprint density at radius 1 is 1.70 bits per heavy atom. The Bertz CT molecular complexity index is 237. The fourth-order valence-corrected chi connectivity index (χ4v) is 0.823. The Balaban J connectivity index is 3.05. The molecule has 1 aromatic rings. The first-order chi connectivity index (χ1) is 4.63. The van der Waals surface area contributed by atoms with Gasteiger partial charge in [-0.1, -0.05) is 0 Å². The van der Waals surface area contributed by atoms with Gasteiger partial charge in [0.2, 0.25) is 0 Å². The topological polar surface area (TPSA) is 38.1 Å². The van der Waals surface area contributed by atoms with Crippen molar-refractivity contribution in [3.8, 4) is 5.75 Å². The minimum absolute atomic E-state index is 0.109. The van der Waals surface area contributed by atoms with Crippen LogP contribution < -0.4 is 0 Å². The van der Waals surface area contributed by atoms with Crippen LogP contribution in [0.1, 0.15) is 6.55 Å². The summed E-state index contributed by atoms with van der Waals surface area (Å²) in [6.45, 7) is -2.73. The molecular formula is C4H3BrF2N2O. The molecule has 0 aliphatic carbocycles. The molecule has 3 nitrogen and oxygen atoms in total. The van der Waals surface area contributed by atoms with Gasteiger partial charge in [0.05, 0.1) is 6.20 Å². The smallest absolute Gasteiger partial charge is 0.334 e. The summed E-state index contributed by atoms with van der Waals surface area (Å²) in [5.74, 6) is -0.291. The molecule has 0 saturated heterocycles. The number of halogens is 3. The van der Waals surface area contributed by atoms with Crippen LogP contribution in [0.4, 0.5) is 8.78 Å². The second kappa shape index (κ2) is 2.53. The quantitative estimate of drug-likeness (QED) is 0.771. The number of alkyl halides is 2. The Morgan fingerprint density at radius 2 is 2.30 bits per heavy atom. The molecule has 1 aromatic heterocycles. The van der Waals surface area contributed by atoms with Crippen molar-refractivity contribution in [2.75, 3.05) is 0 Å². The molecule has 0 atom stereocenters. The highest BCUT2D eigenvalue weighted by atomic mass is 79.9. The van der Waals surface area contributed by atoms with Gasteiger partial charge in [-0.3, -0.25) is 0 Å². The van der Waals surface area contributed by atoms with Gasteiger partial charge in [0.15, 0.2) is 10.4 Å². The van der Waals surface area contributed by atoms with Gasteiger partial charge in [-0.25, -0.2) is 0 Å². The van der Waals surface area contributed by atoms with E-state index >= 15 is 0 Å². The van der Waals surface area contributed by atoms with Crippen LogP contribution in [-0.2, 0) is 0 Å². The molecule has 1 N–H and O–H groups in total. The molecule has 10 heavy (non-hydrogen) atoms. The third-order valence-electron chi connectivity index (χ3n) is 0.902. The standard InChI is InChI=1S/C4H3BrF2N2O/c5-3-2(10)1-8-9(3)4(6)7/h1,4,10H. The molecule has 1 heterocycles. The molecule has 0 amide bonds. The van der Waals surface area contributed by atoms with E-state index in [4.69, 9.17) is 5.11 Å². The van der Waals surface area contributed by atoms with Crippen molar-refractivity contribution in [1.29, 1.82) is 0 Å². The number of aromatic hydroxyl groups is 1. The minimum atomic E-state index is -2.73. The van der Waals surface area contributed by atoms with E-state index in [1.807, 2.05) is 0 Å². The molecule has 0 bridgehead atoms. The van der Waals surface area contributed by atoms with Crippen LogP contribution >= 0.6 is 15.9 Å². The van der Waals surface area contributed by atoms with Crippen LogP contribution in [0, 0.1) is 0 Å². The zero-order valence-electron chi connectivity index (χ0n) is 4.63. The lowest BCUT2D eigenvalue weighted by Crippen LogP contribution is -1.99. The Hall–Kier alpha value is -0.650. The molecule has 6 heteroatoms. The summed E-state index contributed by atoms with van der Waals surface area (Å²) >= 11 is 2.72. The monoisotopic (exact) mass is 212 g/mol. The van der Waals surface area contributed by atoms with Gasteiger partial charge in [0.1, 0.15) is 0 Å². The molecule has 0 aromatic carbocycles. The summed E-state index contributed by atoms with van der Waals surface area (Å²) < 4.78 is 23.9. The maximum Gasteiger partial charge on any atom is 0.334 e. The van der Waals surface area contributed by atoms with Crippen LogP contribution in [0.2, 0.25) is 0 Å². The van der Waals surface area contributed by atoms with Crippen LogP contribution in [0.25, 0.3) is 0 Å². The lowest BCUT2D eigenvalue weighted by Gasteiger charge is -1.98. The van der Waals surface area contributed by atoms with Gasteiger partial charge in [-0.15, -0.1) is 0 Å². The summed E-state index contributed by atoms with van der Waals surface area (Å²) in [4.78, 5) is 0. The van der Waals surface area contributed by atoms with E-state index in [2.05, 4.69) is 21.0 Å². The summed E-state index contributed by atoms with van der Waals surface area (Å²) in [6, 6.07) is 0. The molecule has 0 aliphatic rings. The number of aromatic nitrogens is 2. The number of hydrogen-bond donors (Lipinski definition) is 1. The number of rotatable bonds is 1. The fraction of sp³-hybridized carbons (Fsp3) is 0.250. The average molecular weight is 213 g/mol. The van der Waals surface area contributed by atoms with E-state index in [0.29, 0.717) is 4.68 Å². The van der Waals surface area contributed by atoms with Crippen LogP contribution in [0.15, 0.2) is 10.8 Å². The van der Waals surface area contributed by atoms with Gasteiger partial charge in [-0.2, -0.15) is 18.6 Å². The molecule has 0 fully saturated rings. The average Bonchev–Trinajstić information content (AvgIpc) is 2.14. The number of nitrogens with zero attached hydrogens (tertiary/aromatic N) is 2. The van der Waals surface area contributed by atoms with E-state index in [-0.39, 0.29) is 10.4 Å². The van der Waals surface area contributed by atoms with E-state index in [1.165, 1.54) is 0 Å². The van der Waals surface area contributed by atoms with Gasteiger partial charge < -0.3 is 5.11 Å². The van der Waals surface area contributed by atoms with Gasteiger partial charge in [0, 0.05) is 0 Å². The van der Waals surface area contributed by atoms with Crippen molar-refractivity contribution in [3.05, 3.63) is 10.8 Å². The molecule has 0 saturated carbocycles. The van der Waals surface area contributed by atoms with Crippen molar-refractivity contribution < 1.29 is 13.9 Å². The fourth-order valence-electron chi connectivity index (χ4n) is 0.474. The second-order valence-corrected chi connectivity index (χ2v) is 2.29. The second-order valence-electron chi connectivity index (χ2n) is 1.54. The van der Waals surface area contributed by atoms with Crippen LogP contribution in [0.5, 0.6) is 5.75 Å². The maximum absolute atomic E-state index is 11.8. The Morgan fingerprint density at radius 3 is 2.50 bits per heavy atom. The molecule has 0 aliphatic heterocycles. The normalized spacial score (nSPS) is 10.8. The summed E-state index contributed by atoms with van der Waals surface area (Å²) in [7, 11) is 0. The van der Waals surface area contributed by atoms with E-state index in [9.17, 15) is 8.78 Å². The largest absolute Gasteiger partial charge is 0.504 e. The molecule has 0 radical (unpaired) electrons. The van der Waals surface area contributed by atoms with Crippen LogP contribution in [-0.4, -0.2) is 14.9 Å². The predicted octanol–water partition coefficient (Wildman–Crippen LogP) is 1.75. The third kappa shape index (κ3) is 1.11. The third-order valence-corrected chi connectivity index (χ3v) is 1.67. The van der Waals surface area contributed by atoms with Crippen LogP contribution in [0.3, 0.4) is 0 Å². The zero-order valence-corrected chi connectivity index (χ0v) is 6.22. The highest BCUT2D eigenvalue weighted by Crippen LogP contribution is 2.26. The Labute approximate surface area is 63.4 Å². The first-order valence-corrected chi connectivity index (χ1v) is 3.12. The lowest BCUT2D eigenvalue weighted by molar-refractivity contribution is 0.0538. The molecule has 0 unspecified atom stereocenters. The Kier molecular flexibility index (Phi) is 1.89. The lowest BCUT2D eigenvalue weighted by atomic mass is 10.7. The van der Waals surface area contributed by atoms with E-state index in [0.717, 1.165) is 6.20 Å².